The van der Waals surface area contributed by atoms with Crippen LogP contribution < -0.4 is 0 Å². The Hall–Kier alpha value is -0.990. The highest BCUT2D eigenvalue weighted by Gasteiger charge is 1.74. The molecule has 0 aliphatic heterocycles. The summed E-state index contributed by atoms with van der Waals surface area (Å²) in [6, 6.07) is 1.86. The van der Waals surface area contributed by atoms with Crippen LogP contribution in [0.3, 0.4) is 0 Å². The topological polar surface area (TPSA) is 25.8 Å². The Kier molecular flexibility index (Phi) is 13.5. The Bertz CT molecular complexity index is 142. The van der Waals surface area contributed by atoms with E-state index in [0.29, 0.717) is 7.18 Å². The average molecular weight is 158 g/mol. The maximum absolute atomic E-state index is 9.50. The molecular formula is C8H15FN2. The van der Waals surface area contributed by atoms with Crippen molar-refractivity contribution in [3.63, 3.8) is 0 Å². The van der Waals surface area contributed by atoms with Crippen LogP contribution in [0.5, 0.6) is 0 Å². The average Bonchev–Trinajstić information content (AvgIpc) is 2.13. The SMILES string of the molecule is CC.CF.Cc1ccncn1. The van der Waals surface area contributed by atoms with Crippen LogP contribution in [-0.2, 0) is 0 Å². The maximum atomic E-state index is 9.50. The first-order valence-electron chi connectivity index (χ1n) is 3.50. The van der Waals surface area contributed by atoms with Gasteiger partial charge < -0.3 is 0 Å². The van der Waals surface area contributed by atoms with Gasteiger partial charge in [-0.05, 0) is 13.0 Å². The van der Waals surface area contributed by atoms with Crippen molar-refractivity contribution in [1.29, 1.82) is 0 Å². The summed E-state index contributed by atoms with van der Waals surface area (Å²) in [4.78, 5) is 7.60. The summed E-state index contributed by atoms with van der Waals surface area (Å²) >= 11 is 0. The maximum Gasteiger partial charge on any atom is 0.115 e. The molecule has 0 saturated heterocycles. The molecule has 1 aromatic heterocycles. The van der Waals surface area contributed by atoms with E-state index in [2.05, 4.69) is 9.97 Å². The highest BCUT2D eigenvalue weighted by Crippen LogP contribution is 1.82. The van der Waals surface area contributed by atoms with Crippen LogP contribution in [0, 0.1) is 6.92 Å². The smallest absolute Gasteiger partial charge is 0.115 e. The number of hydrogen-bond donors (Lipinski definition) is 0. The Labute approximate surface area is 67.5 Å². The first kappa shape index (κ1) is 12.7. The largest absolute Gasteiger partial charge is 0.255 e. The molecule has 0 fully saturated rings. The second-order valence-electron chi connectivity index (χ2n) is 1.35. The molecule has 0 spiro atoms. The highest BCUT2D eigenvalue weighted by molar-refractivity contribution is 4.92. The number of hydrogen-bond acceptors (Lipinski definition) is 2. The zero-order valence-corrected chi connectivity index (χ0v) is 7.50. The van der Waals surface area contributed by atoms with Crippen molar-refractivity contribution in [3.05, 3.63) is 24.3 Å². The van der Waals surface area contributed by atoms with Crippen molar-refractivity contribution < 1.29 is 4.39 Å². The minimum Gasteiger partial charge on any atom is -0.255 e. The molecule has 0 bridgehead atoms. The highest BCUT2D eigenvalue weighted by atomic mass is 19.1. The van der Waals surface area contributed by atoms with E-state index in [0.717, 1.165) is 5.69 Å². The summed E-state index contributed by atoms with van der Waals surface area (Å²) in [6.45, 7) is 5.93. The third kappa shape index (κ3) is 9.01. The van der Waals surface area contributed by atoms with Gasteiger partial charge in [0.15, 0.2) is 0 Å². The molecule has 0 saturated carbocycles. The van der Waals surface area contributed by atoms with Crippen molar-refractivity contribution >= 4 is 0 Å². The number of rotatable bonds is 0. The minimum absolute atomic E-state index is 0.500. The Morgan fingerprint density at radius 3 is 2.00 bits per heavy atom. The zero-order valence-electron chi connectivity index (χ0n) is 7.50. The summed E-state index contributed by atoms with van der Waals surface area (Å²) in [7, 11) is 0.500. The van der Waals surface area contributed by atoms with Gasteiger partial charge in [0.1, 0.15) is 6.33 Å². The monoisotopic (exact) mass is 158 g/mol. The van der Waals surface area contributed by atoms with Gasteiger partial charge in [-0.2, -0.15) is 0 Å². The van der Waals surface area contributed by atoms with Crippen LogP contribution in [-0.4, -0.2) is 17.1 Å². The Balaban J connectivity index is 0. The Morgan fingerprint density at radius 1 is 1.27 bits per heavy atom. The number of alkyl halides is 1. The summed E-state index contributed by atoms with van der Waals surface area (Å²) < 4.78 is 9.50. The Morgan fingerprint density at radius 2 is 1.82 bits per heavy atom. The van der Waals surface area contributed by atoms with Gasteiger partial charge in [-0.15, -0.1) is 0 Å². The van der Waals surface area contributed by atoms with Gasteiger partial charge >= 0.3 is 0 Å². The molecule has 0 radical (unpaired) electrons. The first-order valence-corrected chi connectivity index (χ1v) is 3.50. The molecule has 3 heteroatoms. The molecule has 1 aromatic rings. The first-order chi connectivity index (χ1) is 5.39. The number of halogens is 1. The molecule has 0 N–H and O–H groups in total. The molecule has 0 aromatic carbocycles. The number of aromatic nitrogens is 2. The summed E-state index contributed by atoms with van der Waals surface area (Å²) in [5, 5.41) is 0. The van der Waals surface area contributed by atoms with E-state index < -0.39 is 0 Å². The van der Waals surface area contributed by atoms with Gasteiger partial charge in [0.25, 0.3) is 0 Å². The molecule has 1 rings (SSSR count). The van der Waals surface area contributed by atoms with Crippen LogP contribution in [0.1, 0.15) is 19.5 Å². The molecule has 0 unspecified atom stereocenters. The van der Waals surface area contributed by atoms with Gasteiger partial charge in [0, 0.05) is 11.9 Å². The van der Waals surface area contributed by atoms with Gasteiger partial charge in [-0.1, -0.05) is 13.8 Å². The number of aryl methyl sites for hydroxylation is 1. The van der Waals surface area contributed by atoms with Crippen molar-refractivity contribution in [2.45, 2.75) is 20.8 Å². The third-order valence-electron chi connectivity index (χ3n) is 0.730. The van der Waals surface area contributed by atoms with Crippen LogP contribution in [0.15, 0.2) is 18.6 Å². The van der Waals surface area contributed by atoms with Gasteiger partial charge in [-0.3, -0.25) is 4.39 Å². The van der Waals surface area contributed by atoms with Gasteiger partial charge in [0.05, 0.1) is 7.18 Å². The second kappa shape index (κ2) is 11.8. The lowest BCUT2D eigenvalue weighted by atomic mass is 10.5. The van der Waals surface area contributed by atoms with E-state index in [1.807, 2.05) is 26.8 Å². The van der Waals surface area contributed by atoms with E-state index in [1.165, 1.54) is 6.33 Å². The van der Waals surface area contributed by atoms with Crippen LogP contribution in [0.2, 0.25) is 0 Å². The quantitative estimate of drug-likeness (QED) is 0.579. The van der Waals surface area contributed by atoms with Crippen LogP contribution >= 0.6 is 0 Å². The van der Waals surface area contributed by atoms with Gasteiger partial charge in [0.2, 0.25) is 0 Å². The molecular weight excluding hydrogens is 143 g/mol. The molecule has 0 atom stereocenters. The fourth-order valence-corrected chi connectivity index (χ4v) is 0.357. The lowest BCUT2D eigenvalue weighted by molar-refractivity contribution is 0.636. The van der Waals surface area contributed by atoms with Crippen LogP contribution in [0.4, 0.5) is 4.39 Å². The van der Waals surface area contributed by atoms with Crippen molar-refractivity contribution in [2.24, 2.45) is 0 Å². The standard InChI is InChI=1S/C5H6N2.C2H6.CH3F/c1-5-2-3-6-4-7-5;2*1-2/h2-4H,1H3;1-2H3;1H3. The summed E-state index contributed by atoms with van der Waals surface area (Å²) in [5.74, 6) is 0. The predicted octanol–water partition coefficient (Wildman–Crippen LogP) is 2.40. The molecule has 0 amide bonds. The minimum atomic E-state index is 0.500. The van der Waals surface area contributed by atoms with Gasteiger partial charge in [-0.25, -0.2) is 9.97 Å². The molecule has 0 aliphatic carbocycles. The normalized spacial score (nSPS) is 6.64. The molecule has 2 nitrogen and oxygen atoms in total. The molecule has 1 heterocycles. The molecule has 64 valence electrons. The van der Waals surface area contributed by atoms with Crippen molar-refractivity contribution in [1.82, 2.24) is 9.97 Å². The third-order valence-corrected chi connectivity index (χ3v) is 0.730. The number of nitrogens with zero attached hydrogens (tertiary/aromatic N) is 2. The second-order valence-corrected chi connectivity index (χ2v) is 1.35. The zero-order chi connectivity index (χ0) is 9.11. The lowest BCUT2D eigenvalue weighted by Gasteiger charge is -1.81. The van der Waals surface area contributed by atoms with Crippen LogP contribution in [0.25, 0.3) is 0 Å². The predicted molar refractivity (Wildman–Crippen MR) is 45.1 cm³/mol. The van der Waals surface area contributed by atoms with E-state index in [4.69, 9.17) is 0 Å². The van der Waals surface area contributed by atoms with Crippen molar-refractivity contribution in [2.75, 3.05) is 7.18 Å². The van der Waals surface area contributed by atoms with E-state index in [9.17, 15) is 4.39 Å². The lowest BCUT2D eigenvalue weighted by Crippen LogP contribution is -1.77. The van der Waals surface area contributed by atoms with E-state index >= 15 is 0 Å². The summed E-state index contributed by atoms with van der Waals surface area (Å²) in [5.41, 5.74) is 1.01. The molecule has 0 aliphatic rings. The summed E-state index contributed by atoms with van der Waals surface area (Å²) in [6.07, 6.45) is 3.26. The van der Waals surface area contributed by atoms with Crippen molar-refractivity contribution in [3.8, 4) is 0 Å². The molecule has 11 heavy (non-hydrogen) atoms. The fraction of sp³-hybridized carbons (Fsp3) is 0.500. The van der Waals surface area contributed by atoms with E-state index in [-0.39, 0.29) is 0 Å². The van der Waals surface area contributed by atoms with E-state index in [1.54, 1.807) is 6.20 Å². The fourth-order valence-electron chi connectivity index (χ4n) is 0.357.